The molecule has 0 saturated carbocycles. The first-order chi connectivity index (χ1) is 8.62. The number of hydrogen-bond acceptors (Lipinski definition) is 2. The van der Waals surface area contributed by atoms with Gasteiger partial charge in [0, 0.05) is 4.47 Å². The monoisotopic (exact) mass is 331 g/mol. The van der Waals surface area contributed by atoms with E-state index in [1.165, 1.54) is 12.1 Å². The standard InChI is InChI=1S/C13H15BrFNO3/c1-13(2,3)10(12(18)19)16-11(17)8-6-7(15)4-5-9(8)14/h4-6,10H,1-3H3,(H,16,17)(H,18,19)/t10-/m0/s1. The first-order valence-electron chi connectivity index (χ1n) is 5.61. The largest absolute Gasteiger partial charge is 0.480 e. The summed E-state index contributed by atoms with van der Waals surface area (Å²) in [6.07, 6.45) is 0. The number of nitrogens with one attached hydrogen (secondary N) is 1. The van der Waals surface area contributed by atoms with Crippen LogP contribution in [0, 0.1) is 11.2 Å². The SMILES string of the molecule is CC(C)(C)[C@@H](NC(=O)c1cc(F)ccc1Br)C(=O)O. The van der Waals surface area contributed by atoms with E-state index in [0.717, 1.165) is 6.07 Å². The molecule has 0 aliphatic carbocycles. The third-order valence-electron chi connectivity index (χ3n) is 2.56. The lowest BCUT2D eigenvalue weighted by Crippen LogP contribution is -2.49. The zero-order valence-corrected chi connectivity index (χ0v) is 12.4. The number of carbonyl (C=O) groups is 2. The van der Waals surface area contributed by atoms with Gasteiger partial charge in [0.15, 0.2) is 0 Å². The van der Waals surface area contributed by atoms with Crippen LogP contribution in [-0.4, -0.2) is 23.0 Å². The maximum absolute atomic E-state index is 13.1. The van der Waals surface area contributed by atoms with Crippen molar-refractivity contribution in [3.8, 4) is 0 Å². The van der Waals surface area contributed by atoms with Gasteiger partial charge in [0.05, 0.1) is 5.56 Å². The smallest absolute Gasteiger partial charge is 0.326 e. The number of hydrogen-bond donors (Lipinski definition) is 2. The van der Waals surface area contributed by atoms with Crippen molar-refractivity contribution in [3.05, 3.63) is 34.1 Å². The molecule has 6 heteroatoms. The molecule has 1 aromatic rings. The predicted molar refractivity (Wildman–Crippen MR) is 72.4 cm³/mol. The number of carboxylic acids is 1. The normalized spacial score (nSPS) is 12.9. The minimum absolute atomic E-state index is 0.0653. The summed E-state index contributed by atoms with van der Waals surface area (Å²) < 4.78 is 13.5. The summed E-state index contributed by atoms with van der Waals surface area (Å²) in [6.45, 7) is 5.10. The molecule has 1 rings (SSSR count). The van der Waals surface area contributed by atoms with Crippen molar-refractivity contribution in [1.82, 2.24) is 5.32 Å². The summed E-state index contributed by atoms with van der Waals surface area (Å²) in [5.74, 6) is -2.32. The molecule has 0 heterocycles. The molecular formula is C13H15BrFNO3. The third kappa shape index (κ3) is 4.02. The van der Waals surface area contributed by atoms with Crippen molar-refractivity contribution in [1.29, 1.82) is 0 Å². The first kappa shape index (κ1) is 15.6. The van der Waals surface area contributed by atoms with Gasteiger partial charge in [-0.05, 0) is 39.5 Å². The molecule has 104 valence electrons. The van der Waals surface area contributed by atoms with Crippen molar-refractivity contribution in [2.45, 2.75) is 26.8 Å². The number of rotatable bonds is 3. The molecule has 0 aliphatic heterocycles. The molecule has 0 radical (unpaired) electrons. The van der Waals surface area contributed by atoms with Crippen LogP contribution >= 0.6 is 15.9 Å². The number of carbonyl (C=O) groups excluding carboxylic acids is 1. The van der Waals surface area contributed by atoms with Gasteiger partial charge in [0.2, 0.25) is 0 Å². The Bertz CT molecular complexity index is 511. The molecule has 0 aliphatic rings. The Balaban J connectivity index is 3.01. The minimum Gasteiger partial charge on any atom is -0.480 e. The van der Waals surface area contributed by atoms with E-state index in [-0.39, 0.29) is 5.56 Å². The number of halogens is 2. The highest BCUT2D eigenvalue weighted by atomic mass is 79.9. The Labute approximate surface area is 119 Å². The van der Waals surface area contributed by atoms with Crippen molar-refractivity contribution in [2.75, 3.05) is 0 Å². The highest BCUT2D eigenvalue weighted by Crippen LogP contribution is 2.22. The van der Waals surface area contributed by atoms with Crippen molar-refractivity contribution < 1.29 is 19.1 Å². The lowest BCUT2D eigenvalue weighted by Gasteiger charge is -2.27. The molecule has 1 atom stereocenters. The van der Waals surface area contributed by atoms with Crippen LogP contribution in [0.3, 0.4) is 0 Å². The number of aliphatic carboxylic acids is 1. The van der Waals surface area contributed by atoms with Crippen molar-refractivity contribution in [3.63, 3.8) is 0 Å². The molecule has 0 unspecified atom stereocenters. The van der Waals surface area contributed by atoms with Crippen LogP contribution in [0.15, 0.2) is 22.7 Å². The molecular weight excluding hydrogens is 317 g/mol. The maximum Gasteiger partial charge on any atom is 0.326 e. The molecule has 19 heavy (non-hydrogen) atoms. The fourth-order valence-electron chi connectivity index (χ4n) is 1.53. The summed E-state index contributed by atoms with van der Waals surface area (Å²) in [5.41, 5.74) is -0.586. The Hall–Kier alpha value is -1.43. The van der Waals surface area contributed by atoms with E-state index in [0.29, 0.717) is 4.47 Å². The Morgan fingerprint density at radius 2 is 1.95 bits per heavy atom. The zero-order valence-electron chi connectivity index (χ0n) is 10.8. The van der Waals surface area contributed by atoms with Crippen LogP contribution in [0.2, 0.25) is 0 Å². The van der Waals surface area contributed by atoms with E-state index in [9.17, 15) is 14.0 Å². The minimum atomic E-state index is -1.13. The summed E-state index contributed by atoms with van der Waals surface area (Å²) in [7, 11) is 0. The second-order valence-corrected chi connectivity index (χ2v) is 6.09. The number of carboxylic acid groups (broad SMARTS) is 1. The lowest BCUT2D eigenvalue weighted by atomic mass is 9.86. The molecule has 2 N–H and O–H groups in total. The van der Waals surface area contributed by atoms with Crippen molar-refractivity contribution in [2.24, 2.45) is 5.41 Å². The predicted octanol–water partition coefficient (Wildman–Crippen LogP) is 2.82. The molecule has 1 amide bonds. The van der Waals surface area contributed by atoms with Gasteiger partial charge in [-0.1, -0.05) is 20.8 Å². The first-order valence-corrected chi connectivity index (χ1v) is 6.41. The van der Waals surface area contributed by atoms with E-state index < -0.39 is 29.2 Å². The fraction of sp³-hybridized carbons (Fsp3) is 0.385. The molecule has 0 saturated heterocycles. The fourth-order valence-corrected chi connectivity index (χ4v) is 1.96. The quantitative estimate of drug-likeness (QED) is 0.894. The van der Waals surface area contributed by atoms with E-state index >= 15 is 0 Å². The van der Waals surface area contributed by atoms with Crippen LogP contribution in [0.1, 0.15) is 31.1 Å². The lowest BCUT2D eigenvalue weighted by molar-refractivity contribution is -0.142. The van der Waals surface area contributed by atoms with Gasteiger partial charge >= 0.3 is 5.97 Å². The van der Waals surface area contributed by atoms with Gasteiger partial charge in [-0.3, -0.25) is 4.79 Å². The second-order valence-electron chi connectivity index (χ2n) is 5.23. The van der Waals surface area contributed by atoms with E-state index in [1.807, 2.05) is 0 Å². The van der Waals surface area contributed by atoms with Gasteiger partial charge in [-0.25, -0.2) is 9.18 Å². The molecule has 0 bridgehead atoms. The van der Waals surface area contributed by atoms with Gasteiger partial charge in [-0.2, -0.15) is 0 Å². The molecule has 1 aromatic carbocycles. The summed E-state index contributed by atoms with van der Waals surface area (Å²) in [4.78, 5) is 23.2. The van der Waals surface area contributed by atoms with Crippen LogP contribution in [0.4, 0.5) is 4.39 Å². The van der Waals surface area contributed by atoms with Gasteiger partial charge in [0.1, 0.15) is 11.9 Å². The summed E-state index contributed by atoms with van der Waals surface area (Å²) in [5, 5.41) is 11.5. The zero-order chi connectivity index (χ0) is 14.8. The Morgan fingerprint density at radius 3 is 2.42 bits per heavy atom. The van der Waals surface area contributed by atoms with Crippen LogP contribution < -0.4 is 5.32 Å². The van der Waals surface area contributed by atoms with Gasteiger partial charge in [-0.15, -0.1) is 0 Å². The van der Waals surface area contributed by atoms with E-state index in [4.69, 9.17) is 5.11 Å². The number of benzene rings is 1. The van der Waals surface area contributed by atoms with Gasteiger partial charge < -0.3 is 10.4 Å². The highest BCUT2D eigenvalue weighted by Gasteiger charge is 2.33. The average Bonchev–Trinajstić information content (AvgIpc) is 2.26. The average molecular weight is 332 g/mol. The molecule has 0 fully saturated rings. The molecule has 0 aromatic heterocycles. The molecule has 0 spiro atoms. The van der Waals surface area contributed by atoms with Crippen LogP contribution in [0.5, 0.6) is 0 Å². The molecule has 4 nitrogen and oxygen atoms in total. The third-order valence-corrected chi connectivity index (χ3v) is 3.25. The topological polar surface area (TPSA) is 66.4 Å². The Kier molecular flexibility index (Phi) is 4.68. The highest BCUT2D eigenvalue weighted by molar-refractivity contribution is 9.10. The summed E-state index contributed by atoms with van der Waals surface area (Å²) in [6, 6.07) is 2.60. The van der Waals surface area contributed by atoms with Crippen LogP contribution in [-0.2, 0) is 4.79 Å². The second kappa shape index (κ2) is 5.69. The van der Waals surface area contributed by atoms with E-state index in [2.05, 4.69) is 21.2 Å². The number of amides is 1. The Morgan fingerprint density at radius 1 is 1.37 bits per heavy atom. The summed E-state index contributed by atoms with van der Waals surface area (Å²) >= 11 is 3.13. The van der Waals surface area contributed by atoms with Crippen LogP contribution in [0.25, 0.3) is 0 Å². The van der Waals surface area contributed by atoms with E-state index in [1.54, 1.807) is 20.8 Å². The maximum atomic E-state index is 13.1. The van der Waals surface area contributed by atoms with Crippen molar-refractivity contribution >= 4 is 27.8 Å². The van der Waals surface area contributed by atoms with Gasteiger partial charge in [0.25, 0.3) is 5.91 Å².